The Bertz CT molecular complexity index is 1020. The molecule has 8 heteroatoms. The molecule has 1 aliphatic rings. The molecule has 3 rings (SSSR count). The van der Waals surface area contributed by atoms with Crippen molar-refractivity contribution < 1.29 is 4.74 Å². The molecule has 0 aromatic heterocycles. The molecule has 0 bridgehead atoms. The van der Waals surface area contributed by atoms with Gasteiger partial charge in [-0.15, -0.1) is 0 Å². The predicted molar refractivity (Wildman–Crippen MR) is 120 cm³/mol. The second-order valence-corrected chi connectivity index (χ2v) is 7.43. The van der Waals surface area contributed by atoms with Crippen molar-refractivity contribution in [2.24, 2.45) is 0 Å². The van der Waals surface area contributed by atoms with Crippen molar-refractivity contribution in [1.82, 2.24) is 10.3 Å². The first-order chi connectivity index (χ1) is 14.0. The van der Waals surface area contributed by atoms with Gasteiger partial charge in [0.1, 0.15) is 18.4 Å². The van der Waals surface area contributed by atoms with Gasteiger partial charge in [0.25, 0.3) is 0 Å². The third-order valence-corrected chi connectivity index (χ3v) is 5.18. The number of hydrazine groups is 1. The summed E-state index contributed by atoms with van der Waals surface area (Å²) in [5.41, 5.74) is 8.26. The molecule has 0 atom stereocenters. The number of nitrogens with zero attached hydrogens (tertiary/aromatic N) is 1. The minimum atomic E-state index is 0.260. The van der Waals surface area contributed by atoms with Gasteiger partial charge in [0.05, 0.1) is 16.3 Å². The number of nitriles is 1. The fourth-order valence-corrected chi connectivity index (χ4v) is 3.47. The van der Waals surface area contributed by atoms with Gasteiger partial charge in [0, 0.05) is 28.1 Å². The van der Waals surface area contributed by atoms with Gasteiger partial charge < -0.3 is 20.9 Å². The fraction of sp³-hybridized carbons (Fsp3) is 0.143. The van der Waals surface area contributed by atoms with Crippen molar-refractivity contribution in [2.45, 2.75) is 13.8 Å². The summed E-state index contributed by atoms with van der Waals surface area (Å²) >= 11 is 7.59. The van der Waals surface area contributed by atoms with E-state index in [1.165, 1.54) is 11.9 Å². The van der Waals surface area contributed by atoms with Crippen LogP contribution in [0.3, 0.4) is 0 Å². The van der Waals surface area contributed by atoms with Gasteiger partial charge in [-0.25, -0.2) is 0 Å². The average Bonchev–Trinajstić information content (AvgIpc) is 3.23. The molecular weight excluding hydrogens is 406 g/mol. The Labute approximate surface area is 179 Å². The summed E-state index contributed by atoms with van der Waals surface area (Å²) in [4.78, 5) is 2.96. The average molecular weight is 426 g/mol. The van der Waals surface area contributed by atoms with E-state index in [0.717, 1.165) is 34.0 Å². The molecule has 0 radical (unpaired) electrons. The van der Waals surface area contributed by atoms with Crippen LogP contribution in [-0.2, 0) is 0 Å². The molecule has 1 heterocycles. The van der Waals surface area contributed by atoms with E-state index in [4.69, 9.17) is 27.0 Å². The Hall–Kier alpha value is -2.92. The zero-order valence-corrected chi connectivity index (χ0v) is 17.5. The van der Waals surface area contributed by atoms with E-state index in [9.17, 15) is 0 Å². The van der Waals surface area contributed by atoms with Gasteiger partial charge in [-0.1, -0.05) is 11.6 Å². The van der Waals surface area contributed by atoms with Gasteiger partial charge in [0.15, 0.2) is 0 Å². The normalized spacial score (nSPS) is 13.7. The number of ether oxygens (including phenoxy) is 1. The van der Waals surface area contributed by atoms with E-state index in [-0.39, 0.29) is 6.61 Å². The van der Waals surface area contributed by atoms with Crippen LogP contribution in [0.25, 0.3) is 5.70 Å². The summed E-state index contributed by atoms with van der Waals surface area (Å²) in [7, 11) is 0. The monoisotopic (exact) mass is 425 g/mol. The maximum Gasteiger partial charge on any atom is 0.119 e. The smallest absolute Gasteiger partial charge is 0.119 e. The van der Waals surface area contributed by atoms with Gasteiger partial charge in [0.2, 0.25) is 0 Å². The van der Waals surface area contributed by atoms with Crippen LogP contribution in [0.5, 0.6) is 5.75 Å². The topological polar surface area (TPSA) is 93.0 Å². The minimum Gasteiger partial charge on any atom is -0.489 e. The van der Waals surface area contributed by atoms with Crippen molar-refractivity contribution in [3.05, 3.63) is 75.3 Å². The number of nitrogens with one attached hydrogen (secondary N) is 4. The number of hydrogen-bond donors (Lipinski definition) is 4. The fourth-order valence-electron chi connectivity index (χ4n) is 2.70. The molecule has 2 aromatic carbocycles. The van der Waals surface area contributed by atoms with Crippen LogP contribution in [0.2, 0.25) is 5.02 Å². The van der Waals surface area contributed by atoms with Crippen LogP contribution in [0.1, 0.15) is 25.0 Å². The van der Waals surface area contributed by atoms with Crippen LogP contribution in [0, 0.1) is 16.7 Å². The lowest BCUT2D eigenvalue weighted by Gasteiger charge is -2.15. The molecule has 0 fully saturated rings. The molecule has 2 aromatic rings. The lowest BCUT2D eigenvalue weighted by Crippen LogP contribution is -2.17. The van der Waals surface area contributed by atoms with Crippen LogP contribution in [0.15, 0.2) is 59.1 Å². The van der Waals surface area contributed by atoms with Crippen molar-refractivity contribution in [1.29, 1.82) is 10.7 Å². The summed E-state index contributed by atoms with van der Waals surface area (Å²) in [6.45, 7) is 3.87. The molecule has 0 amide bonds. The molecule has 6 nitrogen and oxygen atoms in total. The van der Waals surface area contributed by atoms with E-state index in [0.29, 0.717) is 16.3 Å². The molecule has 0 saturated carbocycles. The summed E-state index contributed by atoms with van der Waals surface area (Å²) in [6.07, 6.45) is 0. The van der Waals surface area contributed by atoms with Gasteiger partial charge in [-0.3, -0.25) is 0 Å². The highest BCUT2D eigenvalue weighted by Crippen LogP contribution is 2.24. The highest BCUT2D eigenvalue weighted by Gasteiger charge is 2.10. The summed E-state index contributed by atoms with van der Waals surface area (Å²) in [5, 5.41) is 22.7. The molecule has 0 saturated heterocycles. The van der Waals surface area contributed by atoms with Crippen LogP contribution in [0.4, 0.5) is 5.69 Å². The Kier molecular flexibility index (Phi) is 6.83. The summed E-state index contributed by atoms with van der Waals surface area (Å²) < 4.78 is 5.90. The maximum absolute atomic E-state index is 8.99. The molecule has 29 heavy (non-hydrogen) atoms. The first-order valence-corrected chi connectivity index (χ1v) is 10.1. The van der Waals surface area contributed by atoms with Crippen molar-refractivity contribution in [2.75, 3.05) is 11.9 Å². The van der Waals surface area contributed by atoms with E-state index < -0.39 is 0 Å². The molecule has 148 valence electrons. The largest absolute Gasteiger partial charge is 0.489 e. The maximum atomic E-state index is 8.99. The standard InChI is InChI=1S/C21H20ClN5OS/c1-13(24)19(14(2)25-17-6-3-16(10-23)20(22)9-17)11-28-18-7-4-15(5-8-18)21-12-29-27-26-21/h3-9,12,24-27H,11H2,1-2H3/b19-14-,24-13?. The first kappa shape index (κ1) is 20.8. The number of hydrogen-bond acceptors (Lipinski definition) is 7. The number of allylic oxidation sites excluding steroid dienone is 1. The molecule has 0 unspecified atom stereocenters. The summed E-state index contributed by atoms with van der Waals surface area (Å²) in [6, 6.07) is 14.9. The van der Waals surface area contributed by atoms with E-state index in [1.54, 1.807) is 25.1 Å². The molecular formula is C21H20ClN5OS. The number of halogens is 1. The zero-order chi connectivity index (χ0) is 20.8. The van der Waals surface area contributed by atoms with Gasteiger partial charge >= 0.3 is 0 Å². The van der Waals surface area contributed by atoms with Crippen LogP contribution in [-0.4, -0.2) is 12.3 Å². The van der Waals surface area contributed by atoms with E-state index >= 15 is 0 Å². The predicted octanol–water partition coefficient (Wildman–Crippen LogP) is 5.07. The third-order valence-electron chi connectivity index (χ3n) is 4.30. The highest BCUT2D eigenvalue weighted by atomic mass is 35.5. The van der Waals surface area contributed by atoms with Crippen LogP contribution < -0.4 is 20.3 Å². The first-order valence-electron chi connectivity index (χ1n) is 8.80. The molecule has 4 N–H and O–H groups in total. The number of benzene rings is 2. The van der Waals surface area contributed by atoms with Crippen molar-refractivity contribution >= 4 is 40.6 Å². The second-order valence-electron chi connectivity index (χ2n) is 6.35. The molecule has 0 aliphatic carbocycles. The Balaban J connectivity index is 1.69. The SMILES string of the molecule is CC(=N)/C(COc1ccc(C2=CSNN2)cc1)=C(/C)Nc1ccc(C#N)c(Cl)c1. The van der Waals surface area contributed by atoms with Crippen LogP contribution >= 0.6 is 23.5 Å². The third kappa shape index (κ3) is 5.33. The van der Waals surface area contributed by atoms with Crippen molar-refractivity contribution in [3.63, 3.8) is 0 Å². The number of rotatable bonds is 7. The van der Waals surface area contributed by atoms with Gasteiger partial charge in [-0.05, 0) is 73.8 Å². The van der Waals surface area contributed by atoms with E-state index in [2.05, 4.69) is 15.6 Å². The highest BCUT2D eigenvalue weighted by molar-refractivity contribution is 8.00. The second kappa shape index (κ2) is 9.52. The van der Waals surface area contributed by atoms with E-state index in [1.807, 2.05) is 42.7 Å². The zero-order valence-electron chi connectivity index (χ0n) is 16.0. The Morgan fingerprint density at radius 3 is 2.59 bits per heavy atom. The number of anilines is 1. The quantitative estimate of drug-likeness (QED) is 0.365. The molecule has 1 aliphatic heterocycles. The lowest BCUT2D eigenvalue weighted by molar-refractivity contribution is 0.356. The van der Waals surface area contributed by atoms with Gasteiger partial charge in [-0.2, -0.15) is 10.1 Å². The lowest BCUT2D eigenvalue weighted by atomic mass is 10.1. The minimum absolute atomic E-state index is 0.260. The molecule has 0 spiro atoms. The Morgan fingerprint density at radius 2 is 2.00 bits per heavy atom. The summed E-state index contributed by atoms with van der Waals surface area (Å²) in [5.74, 6) is 0.723. The Morgan fingerprint density at radius 1 is 1.24 bits per heavy atom. The van der Waals surface area contributed by atoms with Crippen molar-refractivity contribution in [3.8, 4) is 11.8 Å².